The molecule has 0 radical (unpaired) electrons. The van der Waals surface area contributed by atoms with Gasteiger partial charge in [0.15, 0.2) is 0 Å². The van der Waals surface area contributed by atoms with Crippen molar-refractivity contribution >= 4 is 27.8 Å². The van der Waals surface area contributed by atoms with Crippen LogP contribution in [0.3, 0.4) is 0 Å². The highest BCUT2D eigenvalue weighted by Gasteiger charge is 2.30. The van der Waals surface area contributed by atoms with Gasteiger partial charge in [0.05, 0.1) is 23.1 Å². The van der Waals surface area contributed by atoms with E-state index in [2.05, 4.69) is 0 Å². The Hall–Kier alpha value is -3.48. The van der Waals surface area contributed by atoms with Crippen molar-refractivity contribution in [1.29, 1.82) is 0 Å². The van der Waals surface area contributed by atoms with E-state index in [4.69, 9.17) is 4.74 Å². The molecule has 0 unspecified atom stereocenters. The zero-order valence-electron chi connectivity index (χ0n) is 16.2. The third-order valence-corrected chi connectivity index (χ3v) is 5.16. The fraction of sp³-hybridized carbons (Fsp3) is 0.174. The molecule has 0 aliphatic carbocycles. The number of aryl methyl sites for hydroxylation is 1. The van der Waals surface area contributed by atoms with Crippen LogP contribution < -0.4 is 0 Å². The number of carbonyl (C=O) groups excluding carboxylic acids is 1. The van der Waals surface area contributed by atoms with E-state index in [0.29, 0.717) is 22.0 Å². The maximum Gasteiger partial charge on any atom is 0.416 e. The molecule has 0 fully saturated rings. The van der Waals surface area contributed by atoms with Gasteiger partial charge in [-0.25, -0.2) is 4.79 Å². The third-order valence-electron chi connectivity index (χ3n) is 5.16. The fourth-order valence-electron chi connectivity index (χ4n) is 3.79. The number of aromatic hydroxyl groups is 1. The number of phenolic OH excluding ortho intramolecular Hbond substituents is 1. The number of benzene rings is 3. The molecule has 0 spiro atoms. The van der Waals surface area contributed by atoms with Crippen LogP contribution in [0.1, 0.15) is 22.8 Å². The standard InChI is InChI=1S/C23H18F3NO3/c1-3-30-22(29)17-12-16(13-8-10-14(11-9-13)23(24,25)26)20-19(21(17)28)15-6-4-5-7-18(15)27(20)2/h4-12,28H,3H2,1-2H3. The van der Waals surface area contributed by atoms with Gasteiger partial charge in [-0.3, -0.25) is 0 Å². The quantitative estimate of drug-likeness (QED) is 0.426. The summed E-state index contributed by atoms with van der Waals surface area (Å²) in [5.41, 5.74) is 1.65. The largest absolute Gasteiger partial charge is 0.506 e. The SMILES string of the molecule is CCOC(=O)c1cc(-c2ccc(C(F)(F)F)cc2)c2c(c1O)c1ccccc1n2C. The Morgan fingerprint density at radius 1 is 1.10 bits per heavy atom. The van der Waals surface area contributed by atoms with Crippen LogP contribution in [-0.2, 0) is 18.0 Å². The van der Waals surface area contributed by atoms with Crippen molar-refractivity contribution in [2.75, 3.05) is 6.61 Å². The lowest BCUT2D eigenvalue weighted by molar-refractivity contribution is -0.137. The van der Waals surface area contributed by atoms with Crippen LogP contribution in [0.4, 0.5) is 13.2 Å². The average molecular weight is 413 g/mol. The first kappa shape index (κ1) is 19.8. The molecular formula is C23H18F3NO3. The molecule has 4 rings (SSSR count). The van der Waals surface area contributed by atoms with E-state index >= 15 is 0 Å². The number of alkyl halides is 3. The molecule has 0 aliphatic rings. The van der Waals surface area contributed by atoms with E-state index < -0.39 is 17.7 Å². The number of ether oxygens (including phenoxy) is 1. The Labute approximate surface area is 170 Å². The maximum absolute atomic E-state index is 13.0. The lowest BCUT2D eigenvalue weighted by atomic mass is 9.97. The number of aromatic nitrogens is 1. The predicted octanol–water partition coefficient (Wildman–Crippen LogP) is 5.90. The number of hydrogen-bond acceptors (Lipinski definition) is 3. The summed E-state index contributed by atoms with van der Waals surface area (Å²) in [6.45, 7) is 1.78. The summed E-state index contributed by atoms with van der Waals surface area (Å²) in [6, 6.07) is 13.6. The van der Waals surface area contributed by atoms with Crippen molar-refractivity contribution in [2.45, 2.75) is 13.1 Å². The summed E-state index contributed by atoms with van der Waals surface area (Å²) >= 11 is 0. The first-order chi connectivity index (χ1) is 14.2. The Bertz CT molecular complexity index is 1270. The van der Waals surface area contributed by atoms with Gasteiger partial charge in [-0.15, -0.1) is 0 Å². The number of rotatable bonds is 3. The average Bonchev–Trinajstić information content (AvgIpc) is 3.02. The van der Waals surface area contributed by atoms with E-state index in [1.54, 1.807) is 6.92 Å². The van der Waals surface area contributed by atoms with E-state index in [-0.39, 0.29) is 17.9 Å². The highest BCUT2D eigenvalue weighted by molar-refractivity contribution is 6.18. The highest BCUT2D eigenvalue weighted by Crippen LogP contribution is 2.43. The number of nitrogens with zero attached hydrogens (tertiary/aromatic N) is 1. The summed E-state index contributed by atoms with van der Waals surface area (Å²) in [4.78, 5) is 12.5. The Morgan fingerprint density at radius 3 is 2.40 bits per heavy atom. The van der Waals surface area contributed by atoms with Gasteiger partial charge in [-0.2, -0.15) is 13.2 Å². The predicted molar refractivity (Wildman–Crippen MR) is 108 cm³/mol. The Balaban J connectivity index is 2.07. The van der Waals surface area contributed by atoms with E-state index in [0.717, 1.165) is 23.0 Å². The normalized spacial score (nSPS) is 11.9. The highest BCUT2D eigenvalue weighted by atomic mass is 19.4. The van der Waals surface area contributed by atoms with Crippen LogP contribution in [0.15, 0.2) is 54.6 Å². The van der Waals surface area contributed by atoms with Crippen molar-refractivity contribution < 1.29 is 27.8 Å². The van der Waals surface area contributed by atoms with E-state index in [9.17, 15) is 23.1 Å². The van der Waals surface area contributed by atoms with Gasteiger partial charge in [-0.1, -0.05) is 30.3 Å². The Kier molecular flexibility index (Phi) is 4.68. The molecule has 3 aromatic carbocycles. The van der Waals surface area contributed by atoms with Crippen LogP contribution in [-0.4, -0.2) is 22.2 Å². The molecule has 30 heavy (non-hydrogen) atoms. The van der Waals surface area contributed by atoms with Gasteiger partial charge in [0.25, 0.3) is 0 Å². The number of para-hydroxylation sites is 1. The van der Waals surface area contributed by atoms with Crippen molar-refractivity contribution in [1.82, 2.24) is 4.57 Å². The molecule has 154 valence electrons. The molecule has 1 N–H and O–H groups in total. The molecule has 0 atom stereocenters. The number of halogens is 3. The lowest BCUT2D eigenvalue weighted by Crippen LogP contribution is -2.06. The van der Waals surface area contributed by atoms with Crippen LogP contribution in [0.25, 0.3) is 32.9 Å². The third kappa shape index (κ3) is 3.07. The van der Waals surface area contributed by atoms with Gasteiger partial charge in [0.2, 0.25) is 0 Å². The minimum Gasteiger partial charge on any atom is -0.506 e. The first-order valence-electron chi connectivity index (χ1n) is 9.32. The summed E-state index contributed by atoms with van der Waals surface area (Å²) in [5.74, 6) is -0.908. The summed E-state index contributed by atoms with van der Waals surface area (Å²) in [7, 11) is 1.81. The molecule has 1 aromatic heterocycles. The van der Waals surface area contributed by atoms with E-state index in [1.807, 2.05) is 35.9 Å². The number of esters is 1. The number of carbonyl (C=O) groups is 1. The van der Waals surface area contributed by atoms with Crippen LogP contribution >= 0.6 is 0 Å². The number of phenols is 1. The fourth-order valence-corrected chi connectivity index (χ4v) is 3.79. The van der Waals surface area contributed by atoms with Crippen molar-refractivity contribution in [2.24, 2.45) is 7.05 Å². The molecule has 0 amide bonds. The van der Waals surface area contributed by atoms with Gasteiger partial charge >= 0.3 is 12.1 Å². The topological polar surface area (TPSA) is 51.5 Å². The zero-order valence-corrected chi connectivity index (χ0v) is 16.2. The molecular weight excluding hydrogens is 395 g/mol. The Morgan fingerprint density at radius 2 is 1.77 bits per heavy atom. The molecule has 4 nitrogen and oxygen atoms in total. The molecule has 7 heteroatoms. The second-order valence-corrected chi connectivity index (χ2v) is 6.92. The second kappa shape index (κ2) is 7.09. The molecule has 0 aliphatic heterocycles. The van der Waals surface area contributed by atoms with Gasteiger partial charge in [-0.05, 0) is 36.8 Å². The minimum atomic E-state index is -4.45. The summed E-state index contributed by atoms with van der Waals surface area (Å²) < 4.78 is 45.9. The van der Waals surface area contributed by atoms with Crippen LogP contribution in [0, 0.1) is 0 Å². The molecule has 0 saturated carbocycles. The van der Waals surface area contributed by atoms with Gasteiger partial charge < -0.3 is 14.4 Å². The molecule has 4 aromatic rings. The van der Waals surface area contributed by atoms with Crippen molar-refractivity contribution in [3.05, 3.63) is 65.7 Å². The molecule has 0 saturated heterocycles. The van der Waals surface area contributed by atoms with Crippen molar-refractivity contribution in [3.63, 3.8) is 0 Å². The van der Waals surface area contributed by atoms with Crippen LogP contribution in [0.2, 0.25) is 0 Å². The first-order valence-corrected chi connectivity index (χ1v) is 9.32. The summed E-state index contributed by atoms with van der Waals surface area (Å²) in [6.07, 6.45) is -4.45. The summed E-state index contributed by atoms with van der Waals surface area (Å²) in [5, 5.41) is 12.1. The lowest BCUT2D eigenvalue weighted by Gasteiger charge is -2.13. The second-order valence-electron chi connectivity index (χ2n) is 6.92. The maximum atomic E-state index is 13.0. The van der Waals surface area contributed by atoms with Gasteiger partial charge in [0, 0.05) is 23.5 Å². The molecule has 0 bridgehead atoms. The smallest absolute Gasteiger partial charge is 0.416 e. The minimum absolute atomic E-state index is 0.0319. The number of hydrogen-bond donors (Lipinski definition) is 1. The van der Waals surface area contributed by atoms with Crippen molar-refractivity contribution in [3.8, 4) is 16.9 Å². The number of fused-ring (bicyclic) bond motifs is 3. The zero-order chi connectivity index (χ0) is 21.6. The molecule has 1 heterocycles. The monoisotopic (exact) mass is 413 g/mol. The van der Waals surface area contributed by atoms with Gasteiger partial charge in [0.1, 0.15) is 11.3 Å². The van der Waals surface area contributed by atoms with E-state index in [1.165, 1.54) is 18.2 Å². The van der Waals surface area contributed by atoms with Crippen LogP contribution in [0.5, 0.6) is 5.75 Å².